The summed E-state index contributed by atoms with van der Waals surface area (Å²) in [5.74, 6) is -0.196. The summed E-state index contributed by atoms with van der Waals surface area (Å²) in [6.45, 7) is 8.94. The van der Waals surface area contributed by atoms with E-state index in [1.165, 1.54) is 30.3 Å². The number of aryl methyl sites for hydroxylation is 1. The average molecular weight is 845 g/mol. The van der Waals surface area contributed by atoms with Crippen molar-refractivity contribution in [3.8, 4) is 5.75 Å². The lowest BCUT2D eigenvalue weighted by molar-refractivity contribution is -0.138. The number of aromatic nitrogens is 1. The molecule has 16 heteroatoms. The summed E-state index contributed by atoms with van der Waals surface area (Å²) in [5.41, 5.74) is 5.23. The van der Waals surface area contributed by atoms with Gasteiger partial charge in [-0.05, 0) is 93.5 Å². The molecule has 1 aromatic heterocycles. The second-order valence-corrected chi connectivity index (χ2v) is 16.3. The highest BCUT2D eigenvalue weighted by atomic mass is 32.1. The van der Waals surface area contributed by atoms with Crippen LogP contribution in [-0.2, 0) is 28.7 Å². The molecule has 2 saturated heterocycles. The molecule has 2 atom stereocenters. The monoisotopic (exact) mass is 844 g/mol. The smallest absolute Gasteiger partial charge is 0.419 e. The molecule has 7 rings (SSSR count). The van der Waals surface area contributed by atoms with Gasteiger partial charge < -0.3 is 30.9 Å². The minimum atomic E-state index is -4.70. The fourth-order valence-electron chi connectivity index (χ4n) is 8.22. The van der Waals surface area contributed by atoms with Gasteiger partial charge >= 0.3 is 6.18 Å². The van der Waals surface area contributed by atoms with Crippen molar-refractivity contribution in [2.24, 2.45) is 0 Å². The highest BCUT2D eigenvalue weighted by Gasteiger charge is 2.39. The predicted octanol–water partition coefficient (Wildman–Crippen LogP) is 7.39. The Morgan fingerprint density at radius 1 is 1.00 bits per heavy atom. The SMILES string of the molecule is CNC(=O)c1ccccc1Nc1cc(Nc2cc(C)c(N3CCC(NCCc4ccc5c(c4)CN(C4CCC(=O)NC4=O)C5S)CC3)cc2OC(C)C)ncc1C(F)(F)F. The van der Waals surface area contributed by atoms with Crippen molar-refractivity contribution in [2.75, 3.05) is 42.2 Å². The lowest BCUT2D eigenvalue weighted by Crippen LogP contribution is -2.51. The van der Waals surface area contributed by atoms with E-state index in [0.29, 0.717) is 36.9 Å². The van der Waals surface area contributed by atoms with Crippen LogP contribution < -0.4 is 36.2 Å². The summed E-state index contributed by atoms with van der Waals surface area (Å²) in [7, 11) is 1.46. The van der Waals surface area contributed by atoms with E-state index in [-0.39, 0.29) is 52.1 Å². The number of nitrogens with zero attached hydrogens (tertiary/aromatic N) is 3. The van der Waals surface area contributed by atoms with Gasteiger partial charge in [-0.25, -0.2) is 4.98 Å². The van der Waals surface area contributed by atoms with Crippen LogP contribution in [0.25, 0.3) is 0 Å². The molecule has 0 saturated carbocycles. The number of halogens is 3. The number of benzene rings is 3. The number of nitrogens with one attached hydrogen (secondary N) is 5. The van der Waals surface area contributed by atoms with Crippen LogP contribution in [0.3, 0.4) is 0 Å². The highest BCUT2D eigenvalue weighted by molar-refractivity contribution is 7.80. The summed E-state index contributed by atoms with van der Waals surface area (Å²) in [5, 5.41) is 14.6. The third-order valence-electron chi connectivity index (χ3n) is 11.2. The summed E-state index contributed by atoms with van der Waals surface area (Å²) >= 11 is 4.83. The van der Waals surface area contributed by atoms with Crippen LogP contribution in [-0.4, -0.2) is 72.5 Å². The fraction of sp³-hybridized carbons (Fsp3) is 0.409. The molecule has 12 nitrogen and oxygen atoms in total. The van der Waals surface area contributed by atoms with Gasteiger partial charge in [-0.3, -0.25) is 24.6 Å². The van der Waals surface area contributed by atoms with Crippen LogP contribution in [0.5, 0.6) is 5.75 Å². The number of amides is 3. The predicted molar refractivity (Wildman–Crippen MR) is 229 cm³/mol. The van der Waals surface area contributed by atoms with Gasteiger partial charge in [0.1, 0.15) is 11.6 Å². The Kier molecular flexibility index (Phi) is 12.9. The van der Waals surface area contributed by atoms with Crippen LogP contribution in [0.4, 0.5) is 41.7 Å². The van der Waals surface area contributed by atoms with Crippen molar-refractivity contribution >= 4 is 58.9 Å². The van der Waals surface area contributed by atoms with Gasteiger partial charge in [0.25, 0.3) is 5.91 Å². The number of rotatable bonds is 13. The van der Waals surface area contributed by atoms with Crippen molar-refractivity contribution in [2.45, 2.75) is 89.2 Å². The van der Waals surface area contributed by atoms with Gasteiger partial charge in [-0.1, -0.05) is 30.3 Å². The zero-order chi connectivity index (χ0) is 42.7. The number of anilines is 5. The molecule has 4 heterocycles. The quantitative estimate of drug-likeness (QED) is 0.0597. The van der Waals surface area contributed by atoms with Crippen molar-refractivity contribution < 1.29 is 32.3 Å². The van der Waals surface area contributed by atoms with E-state index in [0.717, 1.165) is 61.9 Å². The molecule has 0 aliphatic carbocycles. The molecule has 0 radical (unpaired) electrons. The molecular weight excluding hydrogens is 794 g/mol. The molecule has 3 amide bonds. The van der Waals surface area contributed by atoms with Crippen molar-refractivity contribution in [3.05, 3.63) is 100 Å². The van der Waals surface area contributed by atoms with Crippen LogP contribution in [0.15, 0.2) is 66.9 Å². The summed E-state index contributed by atoms with van der Waals surface area (Å²) in [4.78, 5) is 45.2. The van der Waals surface area contributed by atoms with Gasteiger partial charge in [0.15, 0.2) is 0 Å². The number of hydrogen-bond acceptors (Lipinski definition) is 11. The summed E-state index contributed by atoms with van der Waals surface area (Å²) in [6.07, 6.45) is -0.510. The minimum Gasteiger partial charge on any atom is -0.489 e. The molecular formula is C44H51F3N8O4S. The number of ether oxygens (including phenoxy) is 1. The third-order valence-corrected chi connectivity index (χ3v) is 11.8. The topological polar surface area (TPSA) is 140 Å². The lowest BCUT2D eigenvalue weighted by Gasteiger charge is -2.35. The van der Waals surface area contributed by atoms with E-state index in [2.05, 4.69) is 59.6 Å². The maximum absolute atomic E-state index is 14.2. The highest BCUT2D eigenvalue weighted by Crippen LogP contribution is 2.42. The first kappa shape index (κ1) is 42.8. The molecule has 2 fully saturated rings. The Labute approximate surface area is 353 Å². The average Bonchev–Trinajstić information content (AvgIpc) is 3.53. The van der Waals surface area contributed by atoms with Crippen LogP contribution in [0.2, 0.25) is 0 Å². The third kappa shape index (κ3) is 9.66. The van der Waals surface area contributed by atoms with Gasteiger partial charge in [0.2, 0.25) is 11.8 Å². The molecule has 0 bridgehead atoms. The standard InChI is InChI=1S/C44H51F3N8O4S/c1-25(2)59-38-22-37(26(3)19-35(38)52-39-21-34(32(23-50-39)44(45,46)47)51-33-8-6-5-7-31(33)41(57)48-4)54-17-14-29(15-18-54)49-16-13-27-9-10-30-28(20-27)24-55(43(30)60)36-11-12-40(56)53-42(36)58/h5-10,19-23,25,29,36,43,49,60H,11-18,24H2,1-4H3,(H,48,57)(H2,50,51,52)(H,53,56,58). The maximum Gasteiger partial charge on any atom is 0.419 e. The maximum atomic E-state index is 14.2. The molecule has 5 N–H and O–H groups in total. The zero-order valence-electron chi connectivity index (χ0n) is 34.1. The molecule has 0 spiro atoms. The van der Waals surface area contributed by atoms with Crippen LogP contribution in [0, 0.1) is 6.92 Å². The van der Waals surface area contributed by atoms with Gasteiger partial charge in [-0.15, -0.1) is 0 Å². The molecule has 3 aromatic carbocycles. The Morgan fingerprint density at radius 2 is 1.77 bits per heavy atom. The number of fused-ring (bicyclic) bond motifs is 1. The summed E-state index contributed by atoms with van der Waals surface area (Å²) in [6, 6.07) is 18.0. The molecule has 3 aliphatic heterocycles. The molecule has 2 unspecified atom stereocenters. The normalized spacial score (nSPS) is 18.6. The van der Waals surface area contributed by atoms with E-state index < -0.39 is 17.6 Å². The van der Waals surface area contributed by atoms with Crippen molar-refractivity contribution in [1.29, 1.82) is 0 Å². The van der Waals surface area contributed by atoms with Gasteiger partial charge in [0, 0.05) is 63.2 Å². The molecule has 318 valence electrons. The Bertz CT molecular complexity index is 2250. The Balaban J connectivity index is 0.983. The second-order valence-electron chi connectivity index (χ2n) is 15.8. The number of para-hydroxylation sites is 1. The number of carbonyl (C=O) groups is 3. The lowest BCUT2D eigenvalue weighted by atomic mass is 10.0. The van der Waals surface area contributed by atoms with Crippen molar-refractivity contribution in [3.63, 3.8) is 0 Å². The van der Waals surface area contributed by atoms with Crippen LogP contribution in [0.1, 0.15) is 83.1 Å². The first-order valence-electron chi connectivity index (χ1n) is 20.3. The van der Waals surface area contributed by atoms with E-state index >= 15 is 0 Å². The Hall–Kier alpha value is -5.32. The fourth-order valence-corrected chi connectivity index (χ4v) is 8.71. The number of piperidine rings is 2. The Morgan fingerprint density at radius 3 is 2.48 bits per heavy atom. The largest absolute Gasteiger partial charge is 0.489 e. The first-order chi connectivity index (χ1) is 28.7. The number of thiol groups is 1. The number of carbonyl (C=O) groups excluding carboxylic acids is 3. The van der Waals surface area contributed by atoms with Crippen LogP contribution >= 0.6 is 12.6 Å². The van der Waals surface area contributed by atoms with E-state index in [4.69, 9.17) is 17.4 Å². The van der Waals surface area contributed by atoms with E-state index in [9.17, 15) is 27.6 Å². The minimum absolute atomic E-state index is 0.163. The van der Waals surface area contributed by atoms with E-state index in [1.807, 2.05) is 32.9 Å². The number of imide groups is 1. The van der Waals surface area contributed by atoms with Crippen molar-refractivity contribution in [1.82, 2.24) is 25.8 Å². The zero-order valence-corrected chi connectivity index (χ0v) is 35.0. The van der Waals surface area contributed by atoms with Gasteiger partial charge in [0.05, 0.1) is 45.7 Å². The number of alkyl halides is 3. The number of pyridine rings is 1. The molecule has 3 aliphatic rings. The molecule has 60 heavy (non-hydrogen) atoms. The van der Waals surface area contributed by atoms with Gasteiger partial charge in [-0.2, -0.15) is 25.8 Å². The summed E-state index contributed by atoms with van der Waals surface area (Å²) < 4.78 is 48.8. The first-order valence-corrected chi connectivity index (χ1v) is 20.8. The molecule has 4 aromatic rings. The second kappa shape index (κ2) is 18.1. The van der Waals surface area contributed by atoms with E-state index in [1.54, 1.807) is 18.2 Å². The number of hydrogen-bond donors (Lipinski definition) is 6.